The SMILES string of the molecule is CC(=O)NC1(c2noc(CCC(=O)NCCN3CCN(Cc4ccccc4)CC3)n2)CCCCCC1. The molecule has 9 nitrogen and oxygen atoms in total. The lowest BCUT2D eigenvalue weighted by molar-refractivity contribution is -0.122. The fourth-order valence-electron chi connectivity index (χ4n) is 5.30. The van der Waals surface area contributed by atoms with Crippen molar-refractivity contribution >= 4 is 11.8 Å². The molecule has 1 aromatic carbocycles. The first-order valence-electron chi connectivity index (χ1n) is 13.4. The molecule has 1 saturated carbocycles. The topological polar surface area (TPSA) is 104 Å². The first-order valence-corrected chi connectivity index (χ1v) is 13.4. The van der Waals surface area contributed by atoms with E-state index in [1.54, 1.807) is 0 Å². The van der Waals surface area contributed by atoms with Crippen LogP contribution in [0.4, 0.5) is 0 Å². The van der Waals surface area contributed by atoms with E-state index >= 15 is 0 Å². The summed E-state index contributed by atoms with van der Waals surface area (Å²) >= 11 is 0. The molecule has 4 rings (SSSR count). The summed E-state index contributed by atoms with van der Waals surface area (Å²) < 4.78 is 5.46. The number of hydrogen-bond acceptors (Lipinski definition) is 7. The van der Waals surface area contributed by atoms with Gasteiger partial charge < -0.3 is 15.2 Å². The Bertz CT molecular complexity index is 963. The summed E-state index contributed by atoms with van der Waals surface area (Å²) in [5.74, 6) is 0.897. The lowest BCUT2D eigenvalue weighted by Crippen LogP contribution is -2.48. The Morgan fingerprint density at radius 1 is 1.00 bits per heavy atom. The molecule has 2 fully saturated rings. The lowest BCUT2D eigenvalue weighted by atomic mass is 9.89. The first-order chi connectivity index (χ1) is 17.5. The lowest BCUT2D eigenvalue weighted by Gasteiger charge is -2.34. The summed E-state index contributed by atoms with van der Waals surface area (Å²) in [6.07, 6.45) is 6.67. The molecule has 0 unspecified atom stereocenters. The Morgan fingerprint density at radius 3 is 2.39 bits per heavy atom. The maximum Gasteiger partial charge on any atom is 0.227 e. The van der Waals surface area contributed by atoms with Gasteiger partial charge in [-0.05, 0) is 18.4 Å². The van der Waals surface area contributed by atoms with E-state index in [1.807, 2.05) is 0 Å². The van der Waals surface area contributed by atoms with Gasteiger partial charge in [-0.25, -0.2) is 0 Å². The van der Waals surface area contributed by atoms with Crippen molar-refractivity contribution in [3.63, 3.8) is 0 Å². The van der Waals surface area contributed by atoms with Crippen LogP contribution in [0.3, 0.4) is 0 Å². The van der Waals surface area contributed by atoms with Gasteiger partial charge in [0.05, 0.1) is 0 Å². The molecule has 1 saturated heterocycles. The molecular weight excluding hydrogens is 456 g/mol. The summed E-state index contributed by atoms with van der Waals surface area (Å²) in [6, 6.07) is 10.6. The highest BCUT2D eigenvalue weighted by Gasteiger charge is 2.38. The van der Waals surface area contributed by atoms with Crippen molar-refractivity contribution in [2.24, 2.45) is 0 Å². The van der Waals surface area contributed by atoms with Crippen LogP contribution in [0.2, 0.25) is 0 Å². The Hall–Kier alpha value is -2.78. The molecule has 2 amide bonds. The van der Waals surface area contributed by atoms with Gasteiger partial charge in [-0.1, -0.05) is 61.2 Å². The number of nitrogens with one attached hydrogen (secondary N) is 2. The number of carbonyl (C=O) groups excluding carboxylic acids is 2. The molecule has 0 bridgehead atoms. The van der Waals surface area contributed by atoms with Crippen molar-refractivity contribution in [2.75, 3.05) is 39.3 Å². The molecule has 2 aliphatic rings. The third-order valence-corrected chi connectivity index (χ3v) is 7.30. The monoisotopic (exact) mass is 496 g/mol. The van der Waals surface area contributed by atoms with Crippen LogP contribution in [0.1, 0.15) is 69.1 Å². The molecule has 36 heavy (non-hydrogen) atoms. The van der Waals surface area contributed by atoms with E-state index in [-0.39, 0.29) is 11.8 Å². The Balaban J connectivity index is 1.16. The maximum absolute atomic E-state index is 12.4. The van der Waals surface area contributed by atoms with Gasteiger partial charge in [0.25, 0.3) is 0 Å². The van der Waals surface area contributed by atoms with Gasteiger partial charge in [-0.2, -0.15) is 4.98 Å². The molecule has 0 spiro atoms. The van der Waals surface area contributed by atoms with Gasteiger partial charge in [0.2, 0.25) is 17.7 Å². The summed E-state index contributed by atoms with van der Waals surface area (Å²) in [5, 5.41) is 10.3. The third-order valence-electron chi connectivity index (χ3n) is 7.30. The van der Waals surface area contributed by atoms with Gasteiger partial charge in [-0.3, -0.25) is 19.4 Å². The third kappa shape index (κ3) is 7.61. The molecule has 1 aliphatic carbocycles. The Morgan fingerprint density at radius 2 is 1.69 bits per heavy atom. The normalized spacial score (nSPS) is 18.9. The van der Waals surface area contributed by atoms with Crippen molar-refractivity contribution in [1.82, 2.24) is 30.6 Å². The molecule has 2 aromatic rings. The number of benzene rings is 1. The number of rotatable bonds is 10. The summed E-state index contributed by atoms with van der Waals surface area (Å²) in [4.78, 5) is 33.7. The number of piperazine rings is 1. The quantitative estimate of drug-likeness (QED) is 0.488. The van der Waals surface area contributed by atoms with E-state index in [9.17, 15) is 9.59 Å². The van der Waals surface area contributed by atoms with Crippen LogP contribution in [0.5, 0.6) is 0 Å². The largest absolute Gasteiger partial charge is 0.355 e. The van der Waals surface area contributed by atoms with E-state index in [1.165, 1.54) is 12.5 Å². The zero-order chi connectivity index (χ0) is 25.2. The minimum atomic E-state index is -0.558. The van der Waals surface area contributed by atoms with E-state index in [4.69, 9.17) is 4.52 Å². The molecule has 9 heteroatoms. The molecule has 2 N–H and O–H groups in total. The summed E-state index contributed by atoms with van der Waals surface area (Å²) in [6.45, 7) is 8.14. The summed E-state index contributed by atoms with van der Waals surface area (Å²) in [7, 11) is 0. The van der Waals surface area contributed by atoms with Crippen LogP contribution in [-0.4, -0.2) is 71.0 Å². The number of aryl methyl sites for hydroxylation is 1. The maximum atomic E-state index is 12.4. The average Bonchev–Trinajstić information content (AvgIpc) is 3.24. The average molecular weight is 497 g/mol. The van der Waals surface area contributed by atoms with Gasteiger partial charge in [0.15, 0.2) is 5.82 Å². The number of amides is 2. The van der Waals surface area contributed by atoms with Crippen molar-refractivity contribution in [1.29, 1.82) is 0 Å². The zero-order valence-electron chi connectivity index (χ0n) is 21.5. The fourth-order valence-corrected chi connectivity index (χ4v) is 5.30. The molecular formula is C27H40N6O3. The second-order valence-corrected chi connectivity index (χ2v) is 10.1. The Labute approximate surface area is 214 Å². The highest BCUT2D eigenvalue weighted by atomic mass is 16.5. The fraction of sp³-hybridized carbons (Fsp3) is 0.630. The van der Waals surface area contributed by atoms with Crippen LogP contribution in [0.15, 0.2) is 34.9 Å². The second-order valence-electron chi connectivity index (χ2n) is 10.1. The number of aromatic nitrogens is 2. The van der Waals surface area contributed by atoms with Gasteiger partial charge in [-0.15, -0.1) is 0 Å². The van der Waals surface area contributed by atoms with E-state index in [0.29, 0.717) is 31.1 Å². The van der Waals surface area contributed by atoms with Crippen molar-refractivity contribution in [3.8, 4) is 0 Å². The van der Waals surface area contributed by atoms with Gasteiger partial charge in [0, 0.05) is 65.6 Å². The molecule has 2 heterocycles. The molecule has 196 valence electrons. The molecule has 1 aliphatic heterocycles. The standard InChI is InChI=1S/C27H40N6O3/c1-22(34)30-27(13-7-2-3-8-14-27)26-29-25(36-31-26)12-11-24(35)28-15-16-32-17-19-33(20-18-32)21-23-9-5-4-6-10-23/h4-6,9-10H,2-3,7-8,11-21H2,1H3,(H,28,35)(H,30,34). The minimum Gasteiger partial charge on any atom is -0.355 e. The van der Waals surface area contributed by atoms with Gasteiger partial charge >= 0.3 is 0 Å². The predicted octanol–water partition coefficient (Wildman–Crippen LogP) is 2.62. The zero-order valence-corrected chi connectivity index (χ0v) is 21.5. The smallest absolute Gasteiger partial charge is 0.227 e. The van der Waals surface area contributed by atoms with Crippen LogP contribution in [0, 0.1) is 0 Å². The summed E-state index contributed by atoms with van der Waals surface area (Å²) in [5.41, 5.74) is 0.795. The Kier molecular flexibility index (Phi) is 9.47. The van der Waals surface area contributed by atoms with Crippen molar-refractivity contribution in [3.05, 3.63) is 47.6 Å². The predicted molar refractivity (Wildman–Crippen MR) is 137 cm³/mol. The van der Waals surface area contributed by atoms with Crippen LogP contribution in [-0.2, 0) is 28.1 Å². The van der Waals surface area contributed by atoms with Crippen molar-refractivity contribution in [2.45, 2.75) is 70.4 Å². The van der Waals surface area contributed by atoms with Crippen LogP contribution >= 0.6 is 0 Å². The second kappa shape index (κ2) is 13.0. The van der Waals surface area contributed by atoms with Crippen LogP contribution < -0.4 is 10.6 Å². The van der Waals surface area contributed by atoms with E-state index in [0.717, 1.165) is 77.8 Å². The van der Waals surface area contributed by atoms with E-state index in [2.05, 4.69) is 60.9 Å². The number of carbonyl (C=O) groups is 2. The van der Waals surface area contributed by atoms with Gasteiger partial charge in [0.1, 0.15) is 5.54 Å². The highest BCUT2D eigenvalue weighted by molar-refractivity contribution is 5.76. The van der Waals surface area contributed by atoms with Crippen LogP contribution in [0.25, 0.3) is 0 Å². The highest BCUT2D eigenvalue weighted by Crippen LogP contribution is 2.34. The minimum absolute atomic E-state index is 0.0106. The number of hydrogen-bond donors (Lipinski definition) is 2. The van der Waals surface area contributed by atoms with Crippen molar-refractivity contribution < 1.29 is 14.1 Å². The molecule has 0 atom stereocenters. The molecule has 0 radical (unpaired) electrons. The molecule has 1 aromatic heterocycles. The van der Waals surface area contributed by atoms with E-state index < -0.39 is 5.54 Å². The number of nitrogens with zero attached hydrogens (tertiary/aromatic N) is 4. The first kappa shape index (κ1) is 26.3.